The van der Waals surface area contributed by atoms with E-state index in [1.165, 1.54) is 4.90 Å². The van der Waals surface area contributed by atoms with Crippen LogP contribution in [0.3, 0.4) is 0 Å². The molecule has 1 aliphatic carbocycles. The molecule has 2 fully saturated rings. The number of nitrogens with zero attached hydrogens (tertiary/aromatic N) is 2. The number of urea groups is 1. The highest BCUT2D eigenvalue weighted by Crippen LogP contribution is 2.39. The minimum atomic E-state index is -0.842. The molecule has 1 saturated carbocycles. The SMILES string of the molecule is COc1ccc(CNC(=O)COC(=O)CN2C(=O)N(C)C3(CCCCC3)C2=O)cc1. The van der Waals surface area contributed by atoms with Crippen LogP contribution in [0.4, 0.5) is 4.79 Å². The van der Waals surface area contributed by atoms with Crippen molar-refractivity contribution in [1.82, 2.24) is 15.1 Å². The van der Waals surface area contributed by atoms with E-state index in [0.29, 0.717) is 18.6 Å². The monoisotopic (exact) mass is 417 g/mol. The van der Waals surface area contributed by atoms with E-state index in [1.807, 2.05) is 12.1 Å². The summed E-state index contributed by atoms with van der Waals surface area (Å²) in [5.41, 5.74) is 0.0234. The fraction of sp³-hybridized carbons (Fsp3) is 0.524. The Kier molecular flexibility index (Phi) is 6.59. The molecule has 9 heteroatoms. The predicted octanol–water partition coefficient (Wildman–Crippen LogP) is 1.45. The summed E-state index contributed by atoms with van der Waals surface area (Å²) in [4.78, 5) is 51.8. The van der Waals surface area contributed by atoms with Crippen molar-refractivity contribution in [3.05, 3.63) is 29.8 Å². The molecule has 0 aromatic heterocycles. The highest BCUT2D eigenvalue weighted by atomic mass is 16.5. The van der Waals surface area contributed by atoms with Crippen molar-refractivity contribution in [3.8, 4) is 5.75 Å². The number of hydrogen-bond donors (Lipinski definition) is 1. The van der Waals surface area contributed by atoms with Gasteiger partial charge in [0.25, 0.3) is 11.8 Å². The summed E-state index contributed by atoms with van der Waals surface area (Å²) in [7, 11) is 3.17. The molecule has 1 heterocycles. The number of rotatable bonds is 7. The summed E-state index contributed by atoms with van der Waals surface area (Å²) < 4.78 is 10.0. The summed E-state index contributed by atoms with van der Waals surface area (Å²) in [6, 6.07) is 6.69. The number of carbonyl (C=O) groups is 4. The van der Waals surface area contributed by atoms with Gasteiger partial charge in [-0.05, 0) is 30.5 Å². The normalized spacial score (nSPS) is 17.9. The average Bonchev–Trinajstić information content (AvgIpc) is 2.93. The second-order valence-corrected chi connectivity index (χ2v) is 7.61. The molecule has 9 nitrogen and oxygen atoms in total. The van der Waals surface area contributed by atoms with E-state index in [4.69, 9.17) is 9.47 Å². The minimum Gasteiger partial charge on any atom is -0.497 e. The molecule has 1 saturated heterocycles. The lowest BCUT2D eigenvalue weighted by Crippen LogP contribution is -2.49. The second-order valence-electron chi connectivity index (χ2n) is 7.61. The zero-order chi connectivity index (χ0) is 21.7. The highest BCUT2D eigenvalue weighted by Gasteiger charge is 2.55. The van der Waals surface area contributed by atoms with Gasteiger partial charge in [-0.15, -0.1) is 0 Å². The number of imide groups is 1. The molecule has 1 aromatic rings. The van der Waals surface area contributed by atoms with E-state index in [9.17, 15) is 19.2 Å². The number of amides is 4. The summed E-state index contributed by atoms with van der Waals surface area (Å²) in [5.74, 6) is -0.905. The van der Waals surface area contributed by atoms with Gasteiger partial charge in [0, 0.05) is 13.6 Å². The molecule has 2 aliphatic rings. The van der Waals surface area contributed by atoms with Crippen LogP contribution in [-0.4, -0.2) is 66.5 Å². The minimum absolute atomic E-state index is 0.275. The number of esters is 1. The number of benzene rings is 1. The maximum atomic E-state index is 12.8. The van der Waals surface area contributed by atoms with E-state index in [2.05, 4.69) is 5.32 Å². The van der Waals surface area contributed by atoms with Crippen LogP contribution in [0.2, 0.25) is 0 Å². The maximum absolute atomic E-state index is 12.8. The van der Waals surface area contributed by atoms with Crippen LogP contribution in [0.25, 0.3) is 0 Å². The van der Waals surface area contributed by atoms with Crippen LogP contribution in [0.1, 0.15) is 37.7 Å². The van der Waals surface area contributed by atoms with Gasteiger partial charge < -0.3 is 19.7 Å². The lowest BCUT2D eigenvalue weighted by atomic mass is 9.81. The van der Waals surface area contributed by atoms with E-state index >= 15 is 0 Å². The van der Waals surface area contributed by atoms with Crippen molar-refractivity contribution in [2.24, 2.45) is 0 Å². The summed E-state index contributed by atoms with van der Waals surface area (Å²) in [5, 5.41) is 2.64. The van der Waals surface area contributed by atoms with Gasteiger partial charge >= 0.3 is 12.0 Å². The standard InChI is InChI=1S/C21H27N3O6/c1-23-20(28)24(19(27)21(23)10-4-3-5-11-21)13-18(26)30-14-17(25)22-12-15-6-8-16(29-2)9-7-15/h6-9H,3-5,10-14H2,1-2H3,(H,22,25). The summed E-state index contributed by atoms with van der Waals surface area (Å²) >= 11 is 0. The van der Waals surface area contributed by atoms with E-state index in [-0.39, 0.29) is 12.5 Å². The molecule has 0 bridgehead atoms. The third kappa shape index (κ3) is 4.39. The number of nitrogens with one attached hydrogen (secondary N) is 1. The molecule has 162 valence electrons. The van der Waals surface area contributed by atoms with Crippen molar-refractivity contribution in [2.45, 2.75) is 44.2 Å². The molecule has 1 spiro atoms. The average molecular weight is 417 g/mol. The van der Waals surface area contributed by atoms with Crippen molar-refractivity contribution in [2.75, 3.05) is 27.3 Å². The first-order valence-corrected chi connectivity index (χ1v) is 10.0. The Hall–Kier alpha value is -3.10. The Bertz CT molecular complexity index is 817. The number of likely N-dealkylation sites (N-methyl/N-ethyl adjacent to an activating group) is 1. The third-order valence-corrected chi connectivity index (χ3v) is 5.78. The van der Waals surface area contributed by atoms with Gasteiger partial charge in [0.2, 0.25) is 0 Å². The lowest BCUT2D eigenvalue weighted by Gasteiger charge is -2.35. The largest absolute Gasteiger partial charge is 0.497 e. The predicted molar refractivity (Wildman–Crippen MR) is 106 cm³/mol. The van der Waals surface area contributed by atoms with Gasteiger partial charge in [-0.1, -0.05) is 31.4 Å². The van der Waals surface area contributed by atoms with Crippen molar-refractivity contribution in [3.63, 3.8) is 0 Å². The summed E-state index contributed by atoms with van der Waals surface area (Å²) in [6.45, 7) is -0.696. The Morgan fingerprint density at radius 1 is 1.10 bits per heavy atom. The number of ether oxygens (including phenoxy) is 2. The van der Waals surface area contributed by atoms with Crippen LogP contribution < -0.4 is 10.1 Å². The zero-order valence-corrected chi connectivity index (χ0v) is 17.3. The maximum Gasteiger partial charge on any atom is 0.327 e. The Morgan fingerprint density at radius 2 is 1.77 bits per heavy atom. The molecule has 0 atom stereocenters. The topological polar surface area (TPSA) is 105 Å². The molecule has 0 unspecified atom stereocenters. The van der Waals surface area contributed by atoms with Gasteiger partial charge in [0.05, 0.1) is 7.11 Å². The molecule has 1 aliphatic heterocycles. The third-order valence-electron chi connectivity index (χ3n) is 5.78. The number of methoxy groups -OCH3 is 1. The van der Waals surface area contributed by atoms with E-state index in [1.54, 1.807) is 26.3 Å². The zero-order valence-electron chi connectivity index (χ0n) is 17.3. The Balaban J connectivity index is 1.46. The van der Waals surface area contributed by atoms with Gasteiger partial charge in [-0.25, -0.2) is 4.79 Å². The van der Waals surface area contributed by atoms with Gasteiger partial charge in [0.15, 0.2) is 6.61 Å². The number of carbonyl (C=O) groups excluding carboxylic acids is 4. The van der Waals surface area contributed by atoms with Gasteiger partial charge in [-0.3, -0.25) is 19.3 Å². The number of hydrogen-bond acceptors (Lipinski definition) is 6. The molecule has 3 rings (SSSR count). The summed E-state index contributed by atoms with van der Waals surface area (Å²) in [6.07, 6.45) is 3.98. The highest BCUT2D eigenvalue weighted by molar-refractivity contribution is 6.08. The van der Waals surface area contributed by atoms with E-state index < -0.39 is 36.6 Å². The molecular weight excluding hydrogens is 390 g/mol. The lowest BCUT2D eigenvalue weighted by molar-refractivity contribution is -0.151. The Morgan fingerprint density at radius 3 is 2.40 bits per heavy atom. The fourth-order valence-electron chi connectivity index (χ4n) is 3.99. The smallest absolute Gasteiger partial charge is 0.327 e. The molecule has 0 radical (unpaired) electrons. The quantitative estimate of drug-likeness (QED) is 0.532. The molecular formula is C21H27N3O6. The Labute approximate surface area is 175 Å². The molecule has 30 heavy (non-hydrogen) atoms. The van der Waals surface area contributed by atoms with Crippen molar-refractivity contribution >= 4 is 23.8 Å². The van der Waals surface area contributed by atoms with Crippen LogP contribution in [0, 0.1) is 0 Å². The van der Waals surface area contributed by atoms with Gasteiger partial charge in [-0.2, -0.15) is 0 Å². The first kappa shape index (κ1) is 21.6. The van der Waals surface area contributed by atoms with Crippen molar-refractivity contribution in [1.29, 1.82) is 0 Å². The van der Waals surface area contributed by atoms with Crippen LogP contribution in [-0.2, 0) is 25.7 Å². The molecule has 1 aromatic carbocycles. The molecule has 4 amide bonds. The first-order chi connectivity index (χ1) is 14.4. The van der Waals surface area contributed by atoms with Crippen LogP contribution in [0.15, 0.2) is 24.3 Å². The second kappa shape index (κ2) is 9.15. The van der Waals surface area contributed by atoms with Gasteiger partial charge in [0.1, 0.15) is 17.8 Å². The van der Waals surface area contributed by atoms with Crippen LogP contribution in [0.5, 0.6) is 5.75 Å². The van der Waals surface area contributed by atoms with Crippen molar-refractivity contribution < 1.29 is 28.7 Å². The fourth-order valence-corrected chi connectivity index (χ4v) is 3.99. The first-order valence-electron chi connectivity index (χ1n) is 10.0. The van der Waals surface area contributed by atoms with Crippen LogP contribution >= 0.6 is 0 Å². The van der Waals surface area contributed by atoms with E-state index in [0.717, 1.165) is 29.7 Å². The molecule has 1 N–H and O–H groups in total.